The van der Waals surface area contributed by atoms with Gasteiger partial charge in [0.25, 0.3) is 5.91 Å². The summed E-state index contributed by atoms with van der Waals surface area (Å²) in [4.78, 5) is 23.7. The molecule has 148 valence electrons. The van der Waals surface area contributed by atoms with Crippen LogP contribution in [0.5, 0.6) is 0 Å². The molecule has 1 aromatic rings. The van der Waals surface area contributed by atoms with E-state index >= 15 is 0 Å². The van der Waals surface area contributed by atoms with Gasteiger partial charge in [-0.2, -0.15) is 10.5 Å². The Hall–Kier alpha value is -1.55. The third-order valence-corrected chi connectivity index (χ3v) is 5.63. The van der Waals surface area contributed by atoms with Crippen molar-refractivity contribution in [2.45, 2.75) is 63.4 Å². The van der Waals surface area contributed by atoms with Crippen LogP contribution in [0, 0.1) is 0 Å². The zero-order valence-corrected chi connectivity index (χ0v) is 16.0. The Balaban J connectivity index is 1.40. The number of fused-ring (bicyclic) bond motifs is 1. The van der Waals surface area contributed by atoms with Gasteiger partial charge in [-0.25, -0.2) is 0 Å². The van der Waals surface area contributed by atoms with E-state index in [2.05, 4.69) is 41.2 Å². The molecule has 0 bridgehead atoms. The van der Waals surface area contributed by atoms with Gasteiger partial charge in [0.05, 0.1) is 6.04 Å². The highest BCUT2D eigenvalue weighted by atomic mass is 16.7. The third-order valence-electron chi connectivity index (χ3n) is 5.63. The molecule has 1 amide bonds. The van der Waals surface area contributed by atoms with E-state index in [0.717, 1.165) is 24.8 Å². The number of methoxy groups -OCH3 is 1. The van der Waals surface area contributed by atoms with Crippen molar-refractivity contribution in [3.63, 3.8) is 0 Å². The van der Waals surface area contributed by atoms with E-state index in [9.17, 15) is 4.79 Å². The monoisotopic (exact) mass is 376 g/mol. The first-order valence-corrected chi connectivity index (χ1v) is 9.61. The molecule has 2 heterocycles. The number of rotatable bonds is 5. The highest BCUT2D eigenvalue weighted by molar-refractivity contribution is 5.81. The van der Waals surface area contributed by atoms with Crippen molar-refractivity contribution in [3.05, 3.63) is 34.9 Å². The summed E-state index contributed by atoms with van der Waals surface area (Å²) in [7, 11) is 3.41. The van der Waals surface area contributed by atoms with E-state index in [-0.39, 0.29) is 30.6 Å². The smallest absolute Gasteiger partial charge is 0.251 e. The molecule has 4 unspecified atom stereocenters. The molecule has 2 saturated heterocycles. The van der Waals surface area contributed by atoms with Crippen LogP contribution in [0.4, 0.5) is 0 Å². The molecular weight excluding hydrogens is 348 g/mol. The van der Waals surface area contributed by atoms with Crippen LogP contribution < -0.4 is 16.1 Å². The number of hydroxylamine groups is 3. The average Bonchev–Trinajstić information content (AvgIpc) is 3.39. The SMILES string of the molecule is CCC1NC(c2ccc3c(c2)CC[C@H]3NC(=O)C2CC(OC)N(C)O2)NO1. The molecule has 1 aromatic carbocycles. The van der Waals surface area contributed by atoms with Crippen LogP contribution in [0.1, 0.15) is 55.1 Å². The number of nitrogens with one attached hydrogen (secondary N) is 3. The van der Waals surface area contributed by atoms with Crippen molar-refractivity contribution in [2.24, 2.45) is 0 Å². The standard InChI is InChI=1S/C19H28N4O4/c1-4-16-21-18(22-26-16)12-5-7-13-11(9-12)6-8-14(13)20-19(24)15-10-17(25-3)23(2)27-15/h5,7,9,14-18,21-22H,4,6,8,10H2,1-3H3,(H,20,24)/t14-,15?,16?,17?,18?/m1/s1. The minimum atomic E-state index is -0.502. The number of carbonyl (C=O) groups is 1. The first kappa shape index (κ1) is 18.8. The molecule has 3 aliphatic rings. The van der Waals surface area contributed by atoms with Crippen LogP contribution in [-0.4, -0.2) is 43.7 Å². The van der Waals surface area contributed by atoms with Crippen molar-refractivity contribution >= 4 is 5.91 Å². The number of benzene rings is 1. The molecule has 0 aromatic heterocycles. The van der Waals surface area contributed by atoms with Crippen molar-refractivity contribution in [1.29, 1.82) is 0 Å². The van der Waals surface area contributed by atoms with Gasteiger partial charge in [0.15, 0.2) is 6.10 Å². The molecule has 2 aliphatic heterocycles. The van der Waals surface area contributed by atoms with Gasteiger partial charge in [-0.15, -0.1) is 0 Å². The van der Waals surface area contributed by atoms with Crippen molar-refractivity contribution in [1.82, 2.24) is 21.2 Å². The molecule has 1 aliphatic carbocycles. The number of ether oxygens (including phenoxy) is 1. The van der Waals surface area contributed by atoms with Crippen LogP contribution in [-0.2, 0) is 25.6 Å². The fraction of sp³-hybridized carbons (Fsp3) is 0.632. The van der Waals surface area contributed by atoms with Gasteiger partial charge >= 0.3 is 0 Å². The molecule has 8 nitrogen and oxygen atoms in total. The summed E-state index contributed by atoms with van der Waals surface area (Å²) in [5.41, 5.74) is 6.66. The van der Waals surface area contributed by atoms with E-state index in [1.807, 2.05) is 0 Å². The fourth-order valence-electron chi connectivity index (χ4n) is 4.04. The van der Waals surface area contributed by atoms with Gasteiger partial charge in [0.1, 0.15) is 18.6 Å². The molecule has 0 spiro atoms. The maximum atomic E-state index is 12.6. The summed E-state index contributed by atoms with van der Waals surface area (Å²) in [6, 6.07) is 6.44. The van der Waals surface area contributed by atoms with Gasteiger partial charge in [-0.05, 0) is 36.0 Å². The molecule has 2 fully saturated rings. The minimum absolute atomic E-state index is 0.00212. The summed E-state index contributed by atoms with van der Waals surface area (Å²) in [6.07, 6.45) is 2.65. The maximum Gasteiger partial charge on any atom is 0.251 e. The van der Waals surface area contributed by atoms with Crippen molar-refractivity contribution in [3.8, 4) is 0 Å². The lowest BCUT2D eigenvalue weighted by Gasteiger charge is -2.18. The van der Waals surface area contributed by atoms with E-state index in [1.54, 1.807) is 19.2 Å². The van der Waals surface area contributed by atoms with Crippen LogP contribution >= 0.6 is 0 Å². The highest BCUT2D eigenvalue weighted by Crippen LogP contribution is 2.34. The molecule has 27 heavy (non-hydrogen) atoms. The molecule has 0 radical (unpaired) electrons. The Kier molecular flexibility index (Phi) is 5.45. The lowest BCUT2D eigenvalue weighted by atomic mass is 10.0. The van der Waals surface area contributed by atoms with E-state index in [4.69, 9.17) is 14.4 Å². The first-order chi connectivity index (χ1) is 13.1. The summed E-state index contributed by atoms with van der Waals surface area (Å²) in [6.45, 7) is 2.08. The lowest BCUT2D eigenvalue weighted by Crippen LogP contribution is -2.36. The van der Waals surface area contributed by atoms with Gasteiger partial charge < -0.3 is 10.1 Å². The molecule has 8 heteroatoms. The summed E-state index contributed by atoms with van der Waals surface area (Å²) in [5, 5.41) is 8.16. The van der Waals surface area contributed by atoms with Gasteiger partial charge in [-0.3, -0.25) is 19.8 Å². The average molecular weight is 376 g/mol. The van der Waals surface area contributed by atoms with Crippen LogP contribution in [0.3, 0.4) is 0 Å². The van der Waals surface area contributed by atoms with Crippen LogP contribution in [0.15, 0.2) is 18.2 Å². The number of amides is 1. The zero-order valence-electron chi connectivity index (χ0n) is 16.0. The number of aryl methyl sites for hydroxylation is 1. The van der Waals surface area contributed by atoms with Crippen molar-refractivity contribution < 1.29 is 19.2 Å². The Morgan fingerprint density at radius 1 is 1.44 bits per heavy atom. The van der Waals surface area contributed by atoms with E-state index < -0.39 is 6.10 Å². The Morgan fingerprint density at radius 3 is 3.00 bits per heavy atom. The highest BCUT2D eigenvalue weighted by Gasteiger charge is 2.37. The molecule has 0 saturated carbocycles. The topological polar surface area (TPSA) is 84.1 Å². The predicted octanol–water partition coefficient (Wildman–Crippen LogP) is 1.26. The largest absolute Gasteiger partial charge is 0.364 e. The third kappa shape index (κ3) is 3.73. The second kappa shape index (κ2) is 7.83. The Bertz CT molecular complexity index is 700. The normalized spacial score (nSPS) is 33.4. The summed E-state index contributed by atoms with van der Waals surface area (Å²) >= 11 is 0. The van der Waals surface area contributed by atoms with Crippen LogP contribution in [0.25, 0.3) is 0 Å². The maximum absolute atomic E-state index is 12.6. The molecule has 4 rings (SSSR count). The fourth-order valence-corrected chi connectivity index (χ4v) is 4.04. The van der Waals surface area contributed by atoms with E-state index in [0.29, 0.717) is 6.42 Å². The zero-order chi connectivity index (χ0) is 19.0. The molecule has 5 atom stereocenters. The quantitative estimate of drug-likeness (QED) is 0.713. The first-order valence-electron chi connectivity index (χ1n) is 9.61. The van der Waals surface area contributed by atoms with Gasteiger partial charge in [0.2, 0.25) is 0 Å². The second-order valence-electron chi connectivity index (χ2n) is 7.36. The molecular formula is C19H28N4O4. The predicted molar refractivity (Wildman–Crippen MR) is 97.9 cm³/mol. The van der Waals surface area contributed by atoms with Crippen molar-refractivity contribution in [2.75, 3.05) is 14.2 Å². The Morgan fingerprint density at radius 2 is 2.30 bits per heavy atom. The number of hydrogen-bond acceptors (Lipinski definition) is 7. The van der Waals surface area contributed by atoms with Crippen LogP contribution in [0.2, 0.25) is 0 Å². The number of nitrogens with zero attached hydrogens (tertiary/aromatic N) is 1. The van der Waals surface area contributed by atoms with Gasteiger partial charge in [-0.1, -0.05) is 25.1 Å². The molecule has 3 N–H and O–H groups in total. The second-order valence-corrected chi connectivity index (χ2v) is 7.36. The Labute approximate surface area is 159 Å². The van der Waals surface area contributed by atoms with Gasteiger partial charge in [0, 0.05) is 20.6 Å². The summed E-state index contributed by atoms with van der Waals surface area (Å²) < 4.78 is 5.31. The van der Waals surface area contributed by atoms with E-state index in [1.165, 1.54) is 11.1 Å². The lowest BCUT2D eigenvalue weighted by molar-refractivity contribution is -0.192. The number of hydrogen-bond donors (Lipinski definition) is 3. The summed E-state index contributed by atoms with van der Waals surface area (Å²) in [5.74, 6) is -0.0818. The minimum Gasteiger partial charge on any atom is -0.364 e. The number of carbonyl (C=O) groups excluding carboxylic acids is 1.